The summed E-state index contributed by atoms with van der Waals surface area (Å²) in [4.78, 5) is 49.6. The third-order valence-corrected chi connectivity index (χ3v) is 5.28. The molecule has 37 heavy (non-hydrogen) atoms. The van der Waals surface area contributed by atoms with Crippen LogP contribution in [-0.4, -0.2) is 78.0 Å². The molecule has 11 heteroatoms. The highest BCUT2D eigenvalue weighted by molar-refractivity contribution is 5.91. The van der Waals surface area contributed by atoms with Crippen LogP contribution in [0.15, 0.2) is 47.6 Å². The number of allylic oxidation sites excluding steroid dienone is 2. The van der Waals surface area contributed by atoms with Crippen LogP contribution < -0.4 is 0 Å². The lowest BCUT2D eigenvalue weighted by molar-refractivity contribution is -0.303. The fourth-order valence-corrected chi connectivity index (χ4v) is 2.52. The fraction of sp³-hybridized carbons (Fsp3) is 0.538. The zero-order valence-electron chi connectivity index (χ0n) is 22.1. The number of aliphatic hydroxyl groups excluding tert-OH is 3. The third-order valence-electron chi connectivity index (χ3n) is 5.28. The molecule has 0 rings (SSSR count). The first-order valence-electron chi connectivity index (χ1n) is 11.6. The van der Waals surface area contributed by atoms with E-state index in [1.54, 1.807) is 0 Å². The molecule has 0 bridgehead atoms. The van der Waals surface area contributed by atoms with Crippen molar-refractivity contribution < 1.29 is 53.4 Å². The summed E-state index contributed by atoms with van der Waals surface area (Å²) >= 11 is 0. The first kappa shape index (κ1) is 33.7. The molecule has 0 aliphatic rings. The molecule has 0 aliphatic heterocycles. The lowest BCUT2D eigenvalue weighted by Gasteiger charge is -2.44. The summed E-state index contributed by atoms with van der Waals surface area (Å²) < 4.78 is 20.9. The van der Waals surface area contributed by atoms with Crippen LogP contribution in [0.4, 0.5) is 0 Å². The first-order chi connectivity index (χ1) is 17.3. The van der Waals surface area contributed by atoms with E-state index in [0.717, 1.165) is 6.42 Å². The number of ether oxygens (including phenoxy) is 4. The maximum Gasteiger partial charge on any atom is 0.337 e. The number of esters is 4. The zero-order valence-corrected chi connectivity index (χ0v) is 22.1. The molecule has 208 valence electrons. The van der Waals surface area contributed by atoms with E-state index in [1.165, 1.54) is 39.8 Å². The molecule has 0 heterocycles. The van der Waals surface area contributed by atoms with Gasteiger partial charge in [0.1, 0.15) is 5.41 Å². The van der Waals surface area contributed by atoms with Gasteiger partial charge in [0.15, 0.2) is 6.61 Å². The molecule has 0 saturated heterocycles. The molecule has 1 atom stereocenters. The topological polar surface area (TPSA) is 166 Å². The minimum Gasteiger partial charge on any atom is -0.462 e. The monoisotopic (exact) mass is 526 g/mol. The number of aliphatic hydroxyl groups is 3. The molecule has 0 spiro atoms. The molecular weight excluding hydrogens is 488 g/mol. The Labute approximate surface area is 217 Å². The average molecular weight is 527 g/mol. The van der Waals surface area contributed by atoms with Crippen molar-refractivity contribution in [3.63, 3.8) is 0 Å². The van der Waals surface area contributed by atoms with Crippen LogP contribution in [0.3, 0.4) is 0 Å². The first-order valence-corrected chi connectivity index (χ1v) is 11.6. The number of carbonyl (C=O) groups is 4. The summed E-state index contributed by atoms with van der Waals surface area (Å²) in [5.41, 5.74) is -2.32. The summed E-state index contributed by atoms with van der Waals surface area (Å²) in [6, 6.07) is 0. The third kappa shape index (κ3) is 9.60. The van der Waals surface area contributed by atoms with E-state index < -0.39 is 61.5 Å². The molecule has 0 aliphatic carbocycles. The highest BCUT2D eigenvalue weighted by Gasteiger charge is 2.59. The Balaban J connectivity index is 6.41. The van der Waals surface area contributed by atoms with E-state index in [-0.39, 0.29) is 28.9 Å². The molecule has 0 fully saturated rings. The van der Waals surface area contributed by atoms with Crippen molar-refractivity contribution in [1.29, 1.82) is 0 Å². The SMILES string of the molecule is C=C(C)C(=O)OCC(OC(=O)C(=C)C)(OC(=O)/C(C)=C/C=C(\C)C(=O)OCCCC)C(CO)(CO)CO. The molecule has 0 aromatic rings. The number of hydrogen-bond donors (Lipinski definition) is 3. The van der Waals surface area contributed by atoms with Crippen molar-refractivity contribution in [1.82, 2.24) is 0 Å². The molecular formula is C26H38O11. The number of hydrogen-bond acceptors (Lipinski definition) is 11. The van der Waals surface area contributed by atoms with Crippen LogP contribution in [0.1, 0.15) is 47.5 Å². The van der Waals surface area contributed by atoms with E-state index in [4.69, 9.17) is 18.9 Å². The van der Waals surface area contributed by atoms with E-state index in [2.05, 4.69) is 13.2 Å². The zero-order chi connectivity index (χ0) is 28.8. The van der Waals surface area contributed by atoms with Gasteiger partial charge in [-0.1, -0.05) is 38.7 Å². The molecule has 0 radical (unpaired) electrons. The Kier molecular flexibility index (Phi) is 14.4. The van der Waals surface area contributed by atoms with Gasteiger partial charge in [0.05, 0.1) is 26.4 Å². The van der Waals surface area contributed by atoms with Crippen LogP contribution in [0, 0.1) is 5.41 Å². The molecule has 0 saturated carbocycles. The van der Waals surface area contributed by atoms with Gasteiger partial charge in [0, 0.05) is 22.3 Å². The second-order valence-electron chi connectivity index (χ2n) is 8.61. The molecule has 0 amide bonds. The van der Waals surface area contributed by atoms with Gasteiger partial charge in [0.2, 0.25) is 0 Å². The van der Waals surface area contributed by atoms with E-state index in [9.17, 15) is 34.5 Å². The van der Waals surface area contributed by atoms with Gasteiger partial charge in [-0.2, -0.15) is 0 Å². The van der Waals surface area contributed by atoms with Gasteiger partial charge < -0.3 is 34.3 Å². The predicted octanol–water partition coefficient (Wildman–Crippen LogP) is 1.66. The predicted molar refractivity (Wildman–Crippen MR) is 133 cm³/mol. The maximum absolute atomic E-state index is 13.0. The van der Waals surface area contributed by atoms with Crippen LogP contribution in [-0.2, 0) is 38.1 Å². The summed E-state index contributed by atoms with van der Waals surface area (Å²) in [7, 11) is 0. The summed E-state index contributed by atoms with van der Waals surface area (Å²) in [6.45, 7) is 10.3. The number of unbranched alkanes of at least 4 members (excludes halogenated alkanes) is 1. The summed E-state index contributed by atoms with van der Waals surface area (Å²) in [5.74, 6) is -6.48. The Morgan fingerprint density at radius 3 is 1.62 bits per heavy atom. The Hall–Kier alpha value is -3.28. The van der Waals surface area contributed by atoms with Gasteiger partial charge in [-0.3, -0.25) is 0 Å². The fourth-order valence-electron chi connectivity index (χ4n) is 2.52. The molecule has 0 aromatic carbocycles. The molecule has 1 unspecified atom stereocenters. The van der Waals surface area contributed by atoms with E-state index >= 15 is 0 Å². The van der Waals surface area contributed by atoms with Crippen LogP contribution in [0.2, 0.25) is 0 Å². The van der Waals surface area contributed by atoms with Gasteiger partial charge in [-0.15, -0.1) is 0 Å². The standard InChI is InChI=1S/C26H38O11/c1-8-9-12-34-23(32)19(6)10-11-20(7)24(33)37-26(36-22(31)18(4)5,16-35-21(30)17(2)3)25(13-27,14-28)15-29/h10-11,27-29H,2,4,8-9,12-16H2,1,3,5-7H3/b19-10+,20-11+. The summed E-state index contributed by atoms with van der Waals surface area (Å²) in [5, 5.41) is 30.2. The summed E-state index contributed by atoms with van der Waals surface area (Å²) in [6.07, 6.45) is 4.09. The molecule has 0 aromatic heterocycles. The maximum atomic E-state index is 13.0. The van der Waals surface area contributed by atoms with Crippen LogP contribution in [0.25, 0.3) is 0 Å². The lowest BCUT2D eigenvalue weighted by Crippen LogP contribution is -2.63. The van der Waals surface area contributed by atoms with Crippen LogP contribution >= 0.6 is 0 Å². The Bertz CT molecular complexity index is 917. The largest absolute Gasteiger partial charge is 0.462 e. The second-order valence-corrected chi connectivity index (χ2v) is 8.61. The Morgan fingerprint density at radius 2 is 1.19 bits per heavy atom. The number of rotatable bonds is 16. The van der Waals surface area contributed by atoms with Crippen molar-refractivity contribution in [3.8, 4) is 0 Å². The molecule has 3 N–H and O–H groups in total. The minimum atomic E-state index is -2.68. The van der Waals surface area contributed by atoms with Crippen LogP contribution in [0.5, 0.6) is 0 Å². The van der Waals surface area contributed by atoms with Crippen molar-refractivity contribution >= 4 is 23.9 Å². The van der Waals surface area contributed by atoms with Gasteiger partial charge in [-0.05, 0) is 34.1 Å². The van der Waals surface area contributed by atoms with Crippen molar-refractivity contribution in [2.45, 2.75) is 53.2 Å². The normalized spacial score (nSPS) is 13.7. The van der Waals surface area contributed by atoms with E-state index in [1.807, 2.05) is 6.92 Å². The number of carbonyl (C=O) groups excluding carboxylic acids is 4. The molecule has 11 nitrogen and oxygen atoms in total. The Morgan fingerprint density at radius 1 is 0.730 bits per heavy atom. The van der Waals surface area contributed by atoms with Crippen molar-refractivity contribution in [3.05, 3.63) is 47.6 Å². The highest BCUT2D eigenvalue weighted by Crippen LogP contribution is 2.38. The second kappa shape index (κ2) is 15.7. The smallest absolute Gasteiger partial charge is 0.337 e. The average Bonchev–Trinajstić information content (AvgIpc) is 2.86. The van der Waals surface area contributed by atoms with E-state index in [0.29, 0.717) is 6.42 Å². The highest BCUT2D eigenvalue weighted by atomic mass is 16.8. The van der Waals surface area contributed by atoms with Crippen molar-refractivity contribution in [2.24, 2.45) is 5.41 Å². The van der Waals surface area contributed by atoms with Gasteiger partial charge >= 0.3 is 29.7 Å². The minimum absolute atomic E-state index is 0.0449. The van der Waals surface area contributed by atoms with Gasteiger partial charge in [-0.25, -0.2) is 19.2 Å². The van der Waals surface area contributed by atoms with Crippen molar-refractivity contribution in [2.75, 3.05) is 33.0 Å². The van der Waals surface area contributed by atoms with Gasteiger partial charge in [0.25, 0.3) is 0 Å². The lowest BCUT2D eigenvalue weighted by atomic mass is 9.81. The quantitative estimate of drug-likeness (QED) is 0.0668.